The molecule has 1 N–H and O–H groups in total. The average molecular weight is 269 g/mol. The lowest BCUT2D eigenvalue weighted by Crippen LogP contribution is -2.21. The van der Waals surface area contributed by atoms with Crippen LogP contribution in [0.5, 0.6) is 0 Å². The minimum Gasteiger partial charge on any atom is -0.309 e. The first-order chi connectivity index (χ1) is 9.43. The standard InChI is InChI=1S/C17H23N3/c1-10-7-12(3)15(8-11(10)2)17(18-6)16-9-13(4)19-20-14(16)5/h7-9,17-18H,1-6H3. The quantitative estimate of drug-likeness (QED) is 0.928. The van der Waals surface area contributed by atoms with Crippen LogP contribution in [0.2, 0.25) is 0 Å². The number of nitrogens with one attached hydrogen (secondary N) is 1. The van der Waals surface area contributed by atoms with Gasteiger partial charge in [0.05, 0.1) is 17.4 Å². The van der Waals surface area contributed by atoms with Crippen molar-refractivity contribution in [2.75, 3.05) is 7.05 Å². The van der Waals surface area contributed by atoms with E-state index in [4.69, 9.17) is 0 Å². The van der Waals surface area contributed by atoms with Gasteiger partial charge in [-0.25, -0.2) is 0 Å². The summed E-state index contributed by atoms with van der Waals surface area (Å²) >= 11 is 0. The number of rotatable bonds is 3. The van der Waals surface area contributed by atoms with Crippen LogP contribution in [0.4, 0.5) is 0 Å². The number of nitrogens with zero attached hydrogens (tertiary/aromatic N) is 2. The molecule has 0 spiro atoms. The van der Waals surface area contributed by atoms with Gasteiger partial charge in [-0.1, -0.05) is 12.1 Å². The molecule has 1 aromatic carbocycles. The molecule has 20 heavy (non-hydrogen) atoms. The van der Waals surface area contributed by atoms with Crippen LogP contribution >= 0.6 is 0 Å². The number of hydrogen-bond donors (Lipinski definition) is 1. The smallest absolute Gasteiger partial charge is 0.0651 e. The van der Waals surface area contributed by atoms with Crippen LogP contribution in [0, 0.1) is 34.6 Å². The molecular formula is C17H23N3. The second kappa shape index (κ2) is 5.71. The lowest BCUT2D eigenvalue weighted by molar-refractivity contribution is 0.671. The van der Waals surface area contributed by atoms with Crippen LogP contribution in [0.15, 0.2) is 18.2 Å². The minimum absolute atomic E-state index is 0.156. The zero-order valence-electron chi connectivity index (χ0n) is 13.2. The third kappa shape index (κ3) is 2.73. The first-order valence-electron chi connectivity index (χ1n) is 7.00. The molecule has 0 fully saturated rings. The fourth-order valence-corrected chi connectivity index (χ4v) is 2.63. The number of aromatic nitrogens is 2. The van der Waals surface area contributed by atoms with Gasteiger partial charge in [-0.05, 0) is 75.5 Å². The van der Waals surface area contributed by atoms with E-state index in [-0.39, 0.29) is 6.04 Å². The first kappa shape index (κ1) is 14.7. The Balaban J connectivity index is 2.58. The summed E-state index contributed by atoms with van der Waals surface area (Å²) in [6.07, 6.45) is 0. The summed E-state index contributed by atoms with van der Waals surface area (Å²) in [5.74, 6) is 0. The molecule has 2 rings (SSSR count). The lowest BCUT2D eigenvalue weighted by Gasteiger charge is -2.22. The van der Waals surface area contributed by atoms with Crippen LogP contribution < -0.4 is 5.32 Å². The van der Waals surface area contributed by atoms with Crippen molar-refractivity contribution in [2.45, 2.75) is 40.7 Å². The second-order valence-corrected chi connectivity index (χ2v) is 5.54. The van der Waals surface area contributed by atoms with Crippen molar-refractivity contribution in [3.63, 3.8) is 0 Å². The van der Waals surface area contributed by atoms with Gasteiger partial charge in [-0.15, -0.1) is 0 Å². The van der Waals surface area contributed by atoms with Crippen molar-refractivity contribution >= 4 is 0 Å². The number of hydrogen-bond acceptors (Lipinski definition) is 3. The van der Waals surface area contributed by atoms with Gasteiger partial charge in [0.25, 0.3) is 0 Å². The van der Waals surface area contributed by atoms with E-state index in [0.29, 0.717) is 0 Å². The molecule has 0 saturated heterocycles. The van der Waals surface area contributed by atoms with Crippen molar-refractivity contribution in [1.29, 1.82) is 0 Å². The Bertz CT molecular complexity index is 632. The highest BCUT2D eigenvalue weighted by Crippen LogP contribution is 2.28. The van der Waals surface area contributed by atoms with E-state index in [0.717, 1.165) is 11.4 Å². The predicted molar refractivity (Wildman–Crippen MR) is 83.1 cm³/mol. The highest BCUT2D eigenvalue weighted by Gasteiger charge is 2.18. The van der Waals surface area contributed by atoms with Gasteiger partial charge in [0, 0.05) is 0 Å². The van der Waals surface area contributed by atoms with Crippen LogP contribution in [-0.2, 0) is 0 Å². The van der Waals surface area contributed by atoms with E-state index < -0.39 is 0 Å². The van der Waals surface area contributed by atoms with Gasteiger partial charge in [-0.3, -0.25) is 0 Å². The molecule has 0 amide bonds. The summed E-state index contributed by atoms with van der Waals surface area (Å²) in [7, 11) is 1.99. The molecule has 0 aliphatic carbocycles. The summed E-state index contributed by atoms with van der Waals surface area (Å²) in [4.78, 5) is 0. The Morgan fingerprint density at radius 1 is 0.800 bits per heavy atom. The van der Waals surface area contributed by atoms with Crippen molar-refractivity contribution < 1.29 is 0 Å². The fraction of sp³-hybridized carbons (Fsp3) is 0.412. The van der Waals surface area contributed by atoms with E-state index in [1.54, 1.807) is 0 Å². The molecule has 1 unspecified atom stereocenters. The average Bonchev–Trinajstić information content (AvgIpc) is 2.40. The monoisotopic (exact) mass is 269 g/mol. The van der Waals surface area contributed by atoms with Gasteiger partial charge >= 0.3 is 0 Å². The van der Waals surface area contributed by atoms with E-state index in [1.165, 1.54) is 27.8 Å². The molecule has 3 nitrogen and oxygen atoms in total. The zero-order valence-corrected chi connectivity index (χ0v) is 13.2. The summed E-state index contributed by atoms with van der Waals surface area (Å²) in [6.45, 7) is 10.5. The van der Waals surface area contributed by atoms with Gasteiger partial charge in [0.2, 0.25) is 0 Å². The number of benzene rings is 1. The van der Waals surface area contributed by atoms with E-state index in [2.05, 4.69) is 54.5 Å². The van der Waals surface area contributed by atoms with Crippen molar-refractivity contribution in [2.24, 2.45) is 0 Å². The maximum atomic E-state index is 4.25. The SMILES string of the molecule is CNC(c1cc(C)c(C)cc1C)c1cc(C)nnc1C. The number of aryl methyl sites for hydroxylation is 5. The Labute approximate surface area is 121 Å². The van der Waals surface area contributed by atoms with Gasteiger partial charge in [-0.2, -0.15) is 10.2 Å². The molecule has 0 aliphatic heterocycles. The van der Waals surface area contributed by atoms with Crippen molar-refractivity contribution in [3.8, 4) is 0 Å². The third-order valence-electron chi connectivity index (χ3n) is 3.93. The zero-order chi connectivity index (χ0) is 14.9. The highest BCUT2D eigenvalue weighted by molar-refractivity contribution is 5.43. The lowest BCUT2D eigenvalue weighted by atomic mass is 9.91. The van der Waals surface area contributed by atoms with Gasteiger partial charge in [0.1, 0.15) is 0 Å². The van der Waals surface area contributed by atoms with Gasteiger partial charge < -0.3 is 5.32 Å². The van der Waals surface area contributed by atoms with Crippen LogP contribution in [0.25, 0.3) is 0 Å². The summed E-state index contributed by atoms with van der Waals surface area (Å²) in [6, 6.07) is 6.81. The van der Waals surface area contributed by atoms with Crippen LogP contribution in [-0.4, -0.2) is 17.2 Å². The Morgan fingerprint density at radius 3 is 2.10 bits per heavy atom. The highest BCUT2D eigenvalue weighted by atomic mass is 15.1. The van der Waals surface area contributed by atoms with E-state index >= 15 is 0 Å². The molecule has 1 aromatic heterocycles. The molecule has 0 radical (unpaired) electrons. The van der Waals surface area contributed by atoms with Crippen LogP contribution in [0.3, 0.4) is 0 Å². The van der Waals surface area contributed by atoms with E-state index in [1.807, 2.05) is 20.9 Å². The minimum atomic E-state index is 0.156. The van der Waals surface area contributed by atoms with E-state index in [9.17, 15) is 0 Å². The molecule has 0 bridgehead atoms. The molecule has 0 saturated carbocycles. The Kier molecular flexibility index (Phi) is 4.19. The largest absolute Gasteiger partial charge is 0.309 e. The molecule has 3 heteroatoms. The molecule has 0 aliphatic rings. The molecule has 1 heterocycles. The molecular weight excluding hydrogens is 246 g/mol. The molecule has 2 aromatic rings. The summed E-state index contributed by atoms with van der Waals surface area (Å²) in [5.41, 5.74) is 8.41. The molecule has 1 atom stereocenters. The van der Waals surface area contributed by atoms with Crippen LogP contribution in [0.1, 0.15) is 45.2 Å². The third-order valence-corrected chi connectivity index (χ3v) is 3.93. The van der Waals surface area contributed by atoms with Crippen molar-refractivity contribution in [3.05, 3.63) is 57.4 Å². The summed E-state index contributed by atoms with van der Waals surface area (Å²) < 4.78 is 0. The van der Waals surface area contributed by atoms with Crippen molar-refractivity contribution in [1.82, 2.24) is 15.5 Å². The molecule has 106 valence electrons. The Hall–Kier alpha value is -1.74. The first-order valence-corrected chi connectivity index (χ1v) is 7.00. The fourth-order valence-electron chi connectivity index (χ4n) is 2.63. The predicted octanol–water partition coefficient (Wildman–Crippen LogP) is 3.33. The maximum absolute atomic E-state index is 4.25. The normalized spacial score (nSPS) is 12.5. The second-order valence-electron chi connectivity index (χ2n) is 5.54. The van der Waals surface area contributed by atoms with Gasteiger partial charge in [0.15, 0.2) is 0 Å². The maximum Gasteiger partial charge on any atom is 0.0651 e. The topological polar surface area (TPSA) is 37.8 Å². The summed E-state index contributed by atoms with van der Waals surface area (Å²) in [5, 5.41) is 11.8. The Morgan fingerprint density at radius 2 is 1.45 bits per heavy atom.